The minimum Gasteiger partial charge on any atom is -0.464 e. The zero-order valence-corrected chi connectivity index (χ0v) is 15.6. The Balaban J connectivity index is 3.10. The van der Waals surface area contributed by atoms with Crippen molar-refractivity contribution in [1.29, 1.82) is 0 Å². The molecule has 5 heteroatoms. The van der Waals surface area contributed by atoms with Crippen molar-refractivity contribution >= 4 is 12.0 Å². The van der Waals surface area contributed by atoms with Gasteiger partial charge in [0.25, 0.3) is 0 Å². The van der Waals surface area contributed by atoms with Crippen LogP contribution in [-0.4, -0.2) is 25.2 Å². The van der Waals surface area contributed by atoms with Gasteiger partial charge < -0.3 is 15.8 Å². The van der Waals surface area contributed by atoms with Crippen LogP contribution in [0.5, 0.6) is 0 Å². The lowest BCUT2D eigenvalue weighted by Crippen LogP contribution is -2.34. The van der Waals surface area contributed by atoms with Crippen molar-refractivity contribution < 1.29 is 14.3 Å². The molecule has 0 saturated carbocycles. The van der Waals surface area contributed by atoms with Crippen molar-refractivity contribution in [3.05, 3.63) is 0 Å². The van der Waals surface area contributed by atoms with Gasteiger partial charge in [-0.2, -0.15) is 0 Å². The van der Waals surface area contributed by atoms with Crippen LogP contribution in [0.15, 0.2) is 0 Å². The third-order valence-corrected chi connectivity index (χ3v) is 4.17. The van der Waals surface area contributed by atoms with Crippen LogP contribution in [-0.2, 0) is 9.53 Å². The number of hydrogen-bond donors (Lipinski definition) is 2. The first kappa shape index (κ1) is 22.7. The minimum absolute atomic E-state index is 0.145. The average Bonchev–Trinajstić information content (AvgIpc) is 2.56. The fourth-order valence-corrected chi connectivity index (χ4v) is 2.69. The van der Waals surface area contributed by atoms with Gasteiger partial charge in [0, 0.05) is 0 Å². The first-order valence-electron chi connectivity index (χ1n) is 9.85. The van der Waals surface area contributed by atoms with E-state index < -0.39 is 12.0 Å². The van der Waals surface area contributed by atoms with Gasteiger partial charge in [-0.1, -0.05) is 90.4 Å². The molecular weight excluding hydrogens is 304 g/mol. The third kappa shape index (κ3) is 18.8. The van der Waals surface area contributed by atoms with Crippen LogP contribution in [0, 0.1) is 0 Å². The molecule has 24 heavy (non-hydrogen) atoms. The standard InChI is InChI=1S/C19H38N2O3/c1-2-3-4-5-6-7-8-9-10-11-12-13-14-15-16-24-18(22)17-21-19(20)23/h2-17H2,1H3,(H3,20,21,23). The summed E-state index contributed by atoms with van der Waals surface area (Å²) >= 11 is 0. The monoisotopic (exact) mass is 342 g/mol. The Kier molecular flexibility index (Phi) is 17.1. The molecule has 0 aromatic carbocycles. The lowest BCUT2D eigenvalue weighted by molar-refractivity contribution is -0.142. The number of carbonyl (C=O) groups excluding carboxylic acids is 2. The molecule has 0 radical (unpaired) electrons. The quantitative estimate of drug-likeness (QED) is 0.297. The zero-order chi connectivity index (χ0) is 17.9. The van der Waals surface area contributed by atoms with Gasteiger partial charge in [-0.3, -0.25) is 4.79 Å². The van der Waals surface area contributed by atoms with Gasteiger partial charge in [-0.25, -0.2) is 4.79 Å². The molecule has 0 unspecified atom stereocenters. The molecule has 0 aliphatic carbocycles. The van der Waals surface area contributed by atoms with Gasteiger partial charge in [0.2, 0.25) is 0 Å². The van der Waals surface area contributed by atoms with E-state index in [4.69, 9.17) is 10.5 Å². The largest absolute Gasteiger partial charge is 0.464 e. The highest BCUT2D eigenvalue weighted by Crippen LogP contribution is 2.12. The van der Waals surface area contributed by atoms with Crippen LogP contribution in [0.25, 0.3) is 0 Å². The van der Waals surface area contributed by atoms with Gasteiger partial charge in [-0.15, -0.1) is 0 Å². The number of nitrogens with one attached hydrogen (secondary N) is 1. The fourth-order valence-electron chi connectivity index (χ4n) is 2.69. The van der Waals surface area contributed by atoms with Gasteiger partial charge in [0.15, 0.2) is 0 Å². The second-order valence-electron chi connectivity index (χ2n) is 6.53. The molecule has 0 saturated heterocycles. The van der Waals surface area contributed by atoms with E-state index in [2.05, 4.69) is 12.2 Å². The van der Waals surface area contributed by atoms with E-state index in [9.17, 15) is 9.59 Å². The third-order valence-electron chi connectivity index (χ3n) is 4.17. The van der Waals surface area contributed by atoms with E-state index in [1.54, 1.807) is 0 Å². The molecule has 0 aromatic rings. The Morgan fingerprint density at radius 3 is 1.58 bits per heavy atom. The zero-order valence-electron chi connectivity index (χ0n) is 15.6. The Hall–Kier alpha value is -1.26. The molecule has 0 fully saturated rings. The van der Waals surface area contributed by atoms with Crippen molar-refractivity contribution in [3.8, 4) is 0 Å². The number of rotatable bonds is 17. The van der Waals surface area contributed by atoms with E-state index in [1.165, 1.54) is 77.0 Å². The minimum atomic E-state index is -0.705. The number of carbonyl (C=O) groups is 2. The number of urea groups is 1. The maximum Gasteiger partial charge on any atom is 0.325 e. The van der Waals surface area contributed by atoms with Crippen molar-refractivity contribution in [2.24, 2.45) is 5.73 Å². The molecule has 0 aliphatic heterocycles. The number of ether oxygens (including phenoxy) is 1. The maximum absolute atomic E-state index is 11.2. The van der Waals surface area contributed by atoms with E-state index >= 15 is 0 Å². The average molecular weight is 343 g/mol. The molecule has 0 spiro atoms. The van der Waals surface area contributed by atoms with E-state index in [-0.39, 0.29) is 6.54 Å². The fraction of sp³-hybridized carbons (Fsp3) is 0.895. The van der Waals surface area contributed by atoms with Crippen molar-refractivity contribution in [2.75, 3.05) is 13.2 Å². The molecule has 0 aromatic heterocycles. The number of esters is 1. The SMILES string of the molecule is CCCCCCCCCCCCCCCCOC(=O)CNC(N)=O. The summed E-state index contributed by atoms with van der Waals surface area (Å²) in [5, 5.41) is 2.21. The smallest absolute Gasteiger partial charge is 0.325 e. The van der Waals surface area contributed by atoms with Gasteiger partial charge in [-0.05, 0) is 6.42 Å². The summed E-state index contributed by atoms with van der Waals surface area (Å²) in [6, 6.07) is -0.705. The Labute approximate surface area is 148 Å². The highest BCUT2D eigenvalue weighted by atomic mass is 16.5. The van der Waals surface area contributed by atoms with Crippen LogP contribution in [0.3, 0.4) is 0 Å². The lowest BCUT2D eigenvalue weighted by atomic mass is 10.0. The number of unbranched alkanes of at least 4 members (excludes halogenated alkanes) is 13. The summed E-state index contributed by atoms with van der Waals surface area (Å²) in [7, 11) is 0. The summed E-state index contributed by atoms with van der Waals surface area (Å²) in [6.45, 7) is 2.54. The summed E-state index contributed by atoms with van der Waals surface area (Å²) in [5.41, 5.74) is 4.87. The van der Waals surface area contributed by atoms with Crippen LogP contribution in [0.2, 0.25) is 0 Å². The molecule has 0 aliphatic rings. The summed E-state index contributed by atoms with van der Waals surface area (Å²) < 4.78 is 4.99. The molecule has 2 amide bonds. The summed E-state index contributed by atoms with van der Waals surface area (Å²) in [5.74, 6) is -0.427. The topological polar surface area (TPSA) is 81.4 Å². The summed E-state index contributed by atoms with van der Waals surface area (Å²) in [6.07, 6.45) is 18.2. The number of amides is 2. The molecule has 0 atom stereocenters. The Bertz CT molecular complexity index is 309. The van der Waals surface area contributed by atoms with Crippen LogP contribution in [0.4, 0.5) is 4.79 Å². The van der Waals surface area contributed by atoms with Crippen LogP contribution < -0.4 is 11.1 Å². The lowest BCUT2D eigenvalue weighted by Gasteiger charge is -2.05. The van der Waals surface area contributed by atoms with E-state index in [1.807, 2.05) is 0 Å². The molecule has 142 valence electrons. The van der Waals surface area contributed by atoms with E-state index in [0.717, 1.165) is 12.8 Å². The van der Waals surface area contributed by atoms with E-state index in [0.29, 0.717) is 6.61 Å². The number of primary amides is 1. The number of nitrogens with two attached hydrogens (primary N) is 1. The normalized spacial score (nSPS) is 10.5. The predicted octanol–water partition coefficient (Wildman–Crippen LogP) is 4.68. The molecule has 0 rings (SSSR count). The highest BCUT2D eigenvalue weighted by Gasteiger charge is 2.03. The van der Waals surface area contributed by atoms with Crippen molar-refractivity contribution in [2.45, 2.75) is 96.8 Å². The Morgan fingerprint density at radius 1 is 0.750 bits per heavy atom. The first-order valence-corrected chi connectivity index (χ1v) is 9.85. The number of hydrogen-bond acceptors (Lipinski definition) is 3. The predicted molar refractivity (Wildman–Crippen MR) is 98.9 cm³/mol. The molecule has 0 bridgehead atoms. The van der Waals surface area contributed by atoms with Crippen molar-refractivity contribution in [1.82, 2.24) is 5.32 Å². The van der Waals surface area contributed by atoms with Crippen LogP contribution in [0.1, 0.15) is 96.8 Å². The summed E-state index contributed by atoms with van der Waals surface area (Å²) in [4.78, 5) is 21.6. The highest BCUT2D eigenvalue weighted by molar-refractivity contribution is 5.79. The van der Waals surface area contributed by atoms with Gasteiger partial charge in [0.05, 0.1) is 6.61 Å². The Morgan fingerprint density at radius 2 is 1.17 bits per heavy atom. The van der Waals surface area contributed by atoms with Gasteiger partial charge in [0.1, 0.15) is 6.54 Å². The molecule has 0 heterocycles. The second kappa shape index (κ2) is 18.1. The van der Waals surface area contributed by atoms with Crippen molar-refractivity contribution in [3.63, 3.8) is 0 Å². The first-order chi connectivity index (χ1) is 11.7. The van der Waals surface area contributed by atoms with Crippen LogP contribution >= 0.6 is 0 Å². The molecule has 5 nitrogen and oxygen atoms in total. The maximum atomic E-state index is 11.2. The van der Waals surface area contributed by atoms with Gasteiger partial charge >= 0.3 is 12.0 Å². The molecule has 3 N–H and O–H groups in total. The molecular formula is C19H38N2O3. The second-order valence-corrected chi connectivity index (χ2v) is 6.53.